The van der Waals surface area contributed by atoms with Crippen LogP contribution in [0.3, 0.4) is 0 Å². The van der Waals surface area contributed by atoms with Crippen molar-refractivity contribution in [1.82, 2.24) is 9.97 Å². The van der Waals surface area contributed by atoms with E-state index in [4.69, 9.17) is 16.2 Å². The minimum Gasteiger partial charge on any atom is -0.395 e. The molecule has 0 aliphatic heterocycles. The summed E-state index contributed by atoms with van der Waals surface area (Å²) < 4.78 is 0. The van der Waals surface area contributed by atoms with Gasteiger partial charge >= 0.3 is 0 Å². The number of rotatable bonds is 7. The average molecular weight is 237 g/mol. The van der Waals surface area contributed by atoms with Crippen LogP contribution in [0, 0.1) is 5.41 Å². The summed E-state index contributed by atoms with van der Waals surface area (Å²) in [6, 6.07) is 0. The van der Waals surface area contributed by atoms with Gasteiger partial charge in [-0.3, -0.25) is 5.41 Å². The number of hydrogen-bond acceptors (Lipinski definition) is 5. The van der Waals surface area contributed by atoms with E-state index in [9.17, 15) is 0 Å². The maximum atomic E-state index is 9.00. The lowest BCUT2D eigenvalue weighted by Gasteiger charge is -2.22. The number of nitrogens with zero attached hydrogens (tertiary/aromatic N) is 3. The van der Waals surface area contributed by atoms with Crippen LogP contribution in [-0.2, 0) is 0 Å². The molecule has 1 heterocycles. The molecule has 0 aliphatic rings. The van der Waals surface area contributed by atoms with Crippen molar-refractivity contribution in [3.8, 4) is 0 Å². The third kappa shape index (κ3) is 3.99. The third-order valence-electron chi connectivity index (χ3n) is 2.39. The van der Waals surface area contributed by atoms with E-state index in [1.807, 2.05) is 4.90 Å². The van der Waals surface area contributed by atoms with Crippen molar-refractivity contribution in [3.63, 3.8) is 0 Å². The lowest BCUT2D eigenvalue weighted by atomic mass is 10.3. The minimum atomic E-state index is -0.0914. The van der Waals surface area contributed by atoms with Gasteiger partial charge in [-0.15, -0.1) is 0 Å². The molecule has 17 heavy (non-hydrogen) atoms. The molecule has 1 aromatic heterocycles. The molecule has 0 amide bonds. The van der Waals surface area contributed by atoms with Crippen LogP contribution >= 0.6 is 0 Å². The molecule has 0 spiro atoms. The Kier molecular flexibility index (Phi) is 5.35. The average Bonchev–Trinajstić information content (AvgIpc) is 2.34. The first-order valence-electron chi connectivity index (χ1n) is 5.71. The van der Waals surface area contributed by atoms with Gasteiger partial charge in [0, 0.05) is 13.1 Å². The number of unbranched alkanes of at least 4 members (excludes halogenated alkanes) is 1. The summed E-state index contributed by atoms with van der Waals surface area (Å²) in [5, 5.41) is 16.2. The lowest BCUT2D eigenvalue weighted by Crippen LogP contribution is -2.29. The van der Waals surface area contributed by atoms with Gasteiger partial charge < -0.3 is 15.7 Å². The molecular formula is C11H19N5O. The van der Waals surface area contributed by atoms with Crippen molar-refractivity contribution >= 4 is 11.7 Å². The van der Waals surface area contributed by atoms with E-state index in [2.05, 4.69) is 16.9 Å². The molecule has 4 N–H and O–H groups in total. The summed E-state index contributed by atoms with van der Waals surface area (Å²) in [4.78, 5) is 10.2. The second-order valence-corrected chi connectivity index (χ2v) is 3.74. The van der Waals surface area contributed by atoms with E-state index in [1.54, 1.807) is 6.20 Å². The normalized spacial score (nSPS) is 10.2. The summed E-state index contributed by atoms with van der Waals surface area (Å²) in [7, 11) is 0. The van der Waals surface area contributed by atoms with Gasteiger partial charge in [0.2, 0.25) is 0 Å². The van der Waals surface area contributed by atoms with Crippen LogP contribution < -0.4 is 10.6 Å². The Morgan fingerprint density at radius 1 is 1.41 bits per heavy atom. The molecule has 6 heteroatoms. The molecule has 0 aromatic carbocycles. The molecule has 94 valence electrons. The first-order chi connectivity index (χ1) is 8.19. The fraction of sp³-hybridized carbons (Fsp3) is 0.545. The third-order valence-corrected chi connectivity index (χ3v) is 2.39. The standard InChI is InChI=1S/C11H19N5O/c1-2-3-4-16(5-6-17)10-8-14-9(7-15-10)11(12)13/h7-8,17H,2-6H2,1H3,(H3,12,13). The zero-order chi connectivity index (χ0) is 12.7. The lowest BCUT2D eigenvalue weighted by molar-refractivity contribution is 0.301. The Bertz CT molecular complexity index is 351. The number of aromatic nitrogens is 2. The van der Waals surface area contributed by atoms with E-state index in [1.165, 1.54) is 6.20 Å². The van der Waals surface area contributed by atoms with E-state index in [-0.39, 0.29) is 12.4 Å². The van der Waals surface area contributed by atoms with Crippen LogP contribution in [0.4, 0.5) is 5.82 Å². The molecule has 0 atom stereocenters. The Labute approximate surface area is 101 Å². The fourth-order valence-corrected chi connectivity index (χ4v) is 1.43. The van der Waals surface area contributed by atoms with Gasteiger partial charge in [0.25, 0.3) is 0 Å². The van der Waals surface area contributed by atoms with Crippen LogP contribution in [0.15, 0.2) is 12.4 Å². The van der Waals surface area contributed by atoms with E-state index in [0.29, 0.717) is 18.1 Å². The van der Waals surface area contributed by atoms with E-state index >= 15 is 0 Å². The van der Waals surface area contributed by atoms with Crippen LogP contribution in [0.1, 0.15) is 25.5 Å². The van der Waals surface area contributed by atoms with Gasteiger partial charge in [-0.2, -0.15) is 0 Å². The number of hydrogen-bond donors (Lipinski definition) is 3. The molecule has 0 saturated heterocycles. The molecule has 1 aromatic rings. The Balaban J connectivity index is 2.75. The highest BCUT2D eigenvalue weighted by Crippen LogP contribution is 2.09. The molecule has 0 unspecified atom stereocenters. The smallest absolute Gasteiger partial charge is 0.147 e. The van der Waals surface area contributed by atoms with Crippen LogP contribution in [0.25, 0.3) is 0 Å². The predicted molar refractivity (Wildman–Crippen MR) is 67.3 cm³/mol. The van der Waals surface area contributed by atoms with Crippen molar-refractivity contribution in [1.29, 1.82) is 5.41 Å². The Morgan fingerprint density at radius 2 is 2.18 bits per heavy atom. The van der Waals surface area contributed by atoms with Crippen LogP contribution in [0.5, 0.6) is 0 Å². The van der Waals surface area contributed by atoms with E-state index < -0.39 is 0 Å². The molecular weight excluding hydrogens is 218 g/mol. The van der Waals surface area contributed by atoms with E-state index in [0.717, 1.165) is 19.4 Å². The van der Waals surface area contributed by atoms with Crippen LogP contribution in [0.2, 0.25) is 0 Å². The van der Waals surface area contributed by atoms with Crippen molar-refractivity contribution in [2.24, 2.45) is 5.73 Å². The number of amidine groups is 1. The van der Waals surface area contributed by atoms with Crippen molar-refractivity contribution in [3.05, 3.63) is 18.1 Å². The first kappa shape index (κ1) is 13.4. The predicted octanol–water partition coefficient (Wildman–Crippen LogP) is 0.359. The molecule has 6 nitrogen and oxygen atoms in total. The summed E-state index contributed by atoms with van der Waals surface area (Å²) >= 11 is 0. The Morgan fingerprint density at radius 3 is 2.65 bits per heavy atom. The number of aliphatic hydroxyl groups excluding tert-OH is 1. The zero-order valence-corrected chi connectivity index (χ0v) is 10.1. The number of nitrogen functional groups attached to an aromatic ring is 1. The monoisotopic (exact) mass is 237 g/mol. The van der Waals surface area contributed by atoms with Gasteiger partial charge in [-0.25, -0.2) is 9.97 Å². The minimum absolute atomic E-state index is 0.0832. The van der Waals surface area contributed by atoms with Gasteiger partial charge in [-0.05, 0) is 6.42 Å². The second-order valence-electron chi connectivity index (χ2n) is 3.74. The molecule has 0 fully saturated rings. The second kappa shape index (κ2) is 6.80. The highest BCUT2D eigenvalue weighted by Gasteiger charge is 2.08. The fourth-order valence-electron chi connectivity index (χ4n) is 1.43. The topological polar surface area (TPSA) is 99.1 Å². The number of anilines is 1. The maximum absolute atomic E-state index is 9.00. The van der Waals surface area contributed by atoms with Gasteiger partial charge in [0.15, 0.2) is 0 Å². The highest BCUT2D eigenvalue weighted by molar-refractivity contribution is 5.92. The number of nitrogens with two attached hydrogens (primary N) is 1. The van der Waals surface area contributed by atoms with Gasteiger partial charge in [0.05, 0.1) is 19.0 Å². The summed E-state index contributed by atoms with van der Waals surface area (Å²) in [6.07, 6.45) is 5.19. The SMILES string of the molecule is CCCCN(CCO)c1cnc(C(=N)N)cn1. The highest BCUT2D eigenvalue weighted by atomic mass is 16.3. The van der Waals surface area contributed by atoms with Crippen molar-refractivity contribution in [2.75, 3.05) is 24.6 Å². The van der Waals surface area contributed by atoms with Crippen LogP contribution in [-0.4, -0.2) is 40.6 Å². The van der Waals surface area contributed by atoms with Crippen molar-refractivity contribution < 1.29 is 5.11 Å². The maximum Gasteiger partial charge on any atom is 0.147 e. The largest absolute Gasteiger partial charge is 0.395 e. The summed E-state index contributed by atoms with van der Waals surface area (Å²) in [5.41, 5.74) is 5.67. The molecule has 0 bridgehead atoms. The zero-order valence-electron chi connectivity index (χ0n) is 10.1. The van der Waals surface area contributed by atoms with Gasteiger partial charge in [-0.1, -0.05) is 13.3 Å². The quantitative estimate of drug-likeness (QED) is 0.469. The molecule has 0 saturated carbocycles. The Hall–Kier alpha value is -1.69. The summed E-state index contributed by atoms with van der Waals surface area (Å²) in [5.74, 6) is 0.615. The number of nitrogens with one attached hydrogen (secondary N) is 1. The molecule has 0 aliphatic carbocycles. The first-order valence-corrected chi connectivity index (χ1v) is 5.71. The van der Waals surface area contributed by atoms with Gasteiger partial charge in [0.1, 0.15) is 17.3 Å². The van der Waals surface area contributed by atoms with Crippen molar-refractivity contribution in [2.45, 2.75) is 19.8 Å². The summed E-state index contributed by atoms with van der Waals surface area (Å²) in [6.45, 7) is 3.57. The number of aliphatic hydroxyl groups is 1. The molecule has 0 radical (unpaired) electrons. The molecule has 1 rings (SSSR count).